The molecule has 6 nitrogen and oxygen atoms in total. The maximum atomic E-state index is 13.6. The predicted octanol–water partition coefficient (Wildman–Crippen LogP) is 3.40. The summed E-state index contributed by atoms with van der Waals surface area (Å²) in [5.41, 5.74) is 2.87. The lowest BCUT2D eigenvalue weighted by Crippen LogP contribution is -2.23. The lowest BCUT2D eigenvalue weighted by atomic mass is 10.2. The Bertz CT molecular complexity index is 1180. The third kappa shape index (κ3) is 4.48. The van der Waals surface area contributed by atoms with Crippen molar-refractivity contribution in [2.75, 3.05) is 0 Å². The Morgan fingerprint density at radius 3 is 2.63 bits per heavy atom. The van der Waals surface area contributed by atoms with Crippen LogP contribution in [0.4, 0.5) is 8.78 Å². The van der Waals surface area contributed by atoms with Crippen molar-refractivity contribution in [2.45, 2.75) is 25.9 Å². The first-order valence-corrected chi connectivity index (χ1v) is 9.50. The van der Waals surface area contributed by atoms with Crippen molar-refractivity contribution in [1.29, 1.82) is 0 Å². The Morgan fingerprint density at radius 2 is 1.83 bits per heavy atom. The molecule has 1 N–H and O–H groups in total. The second kappa shape index (κ2) is 8.77. The number of carbonyl (C=O) groups excluding carboxylic acids is 1. The van der Waals surface area contributed by atoms with Gasteiger partial charge in [-0.3, -0.25) is 9.78 Å². The Balaban J connectivity index is 1.49. The van der Waals surface area contributed by atoms with Gasteiger partial charge in [-0.15, -0.1) is 0 Å². The van der Waals surface area contributed by atoms with Gasteiger partial charge in [-0.05, 0) is 47.5 Å². The largest absolute Gasteiger partial charge is 0.352 e. The van der Waals surface area contributed by atoms with Crippen LogP contribution in [-0.4, -0.2) is 25.4 Å². The Morgan fingerprint density at radius 1 is 1.00 bits per heavy atom. The fraction of sp³-hybridized carbons (Fsp3) is 0.182. The zero-order valence-corrected chi connectivity index (χ0v) is 16.1. The van der Waals surface area contributed by atoms with Crippen LogP contribution in [0.3, 0.4) is 0 Å². The average Bonchev–Trinajstić information content (AvgIpc) is 3.11. The highest BCUT2D eigenvalue weighted by molar-refractivity contribution is 5.76. The van der Waals surface area contributed by atoms with Gasteiger partial charge >= 0.3 is 0 Å². The van der Waals surface area contributed by atoms with Crippen LogP contribution in [0.2, 0.25) is 0 Å². The highest BCUT2D eigenvalue weighted by atomic mass is 19.2. The molecule has 4 rings (SSSR count). The molecular weight excluding hydrogens is 388 g/mol. The molecular formula is C22H19F2N5O. The number of hydrogen-bond donors (Lipinski definition) is 1. The summed E-state index contributed by atoms with van der Waals surface area (Å²) in [7, 11) is 0. The molecule has 1 amide bonds. The number of pyridine rings is 2. The minimum absolute atomic E-state index is 0.105. The van der Waals surface area contributed by atoms with Crippen LogP contribution in [0.5, 0.6) is 0 Å². The zero-order valence-electron chi connectivity index (χ0n) is 16.1. The molecule has 0 unspecified atom stereocenters. The molecule has 8 heteroatoms. The van der Waals surface area contributed by atoms with E-state index >= 15 is 0 Å². The van der Waals surface area contributed by atoms with Gasteiger partial charge in [0, 0.05) is 38.0 Å². The molecule has 0 bridgehead atoms. The van der Waals surface area contributed by atoms with Gasteiger partial charge in [-0.1, -0.05) is 6.07 Å². The van der Waals surface area contributed by atoms with Crippen molar-refractivity contribution in [1.82, 2.24) is 24.8 Å². The van der Waals surface area contributed by atoms with Crippen LogP contribution in [0.1, 0.15) is 23.4 Å². The smallest absolute Gasteiger partial charge is 0.220 e. The quantitative estimate of drug-likeness (QED) is 0.510. The molecule has 3 heterocycles. The first-order chi connectivity index (χ1) is 14.6. The van der Waals surface area contributed by atoms with Gasteiger partial charge < -0.3 is 9.88 Å². The fourth-order valence-electron chi connectivity index (χ4n) is 3.20. The number of carbonyl (C=O) groups is 1. The summed E-state index contributed by atoms with van der Waals surface area (Å²) in [6, 6.07) is 11.1. The molecule has 4 aromatic rings. The van der Waals surface area contributed by atoms with Gasteiger partial charge in [0.05, 0.1) is 6.54 Å². The lowest BCUT2D eigenvalue weighted by molar-refractivity contribution is -0.121. The minimum Gasteiger partial charge on any atom is -0.352 e. The number of imidazole rings is 1. The molecule has 0 radical (unpaired) electrons. The fourth-order valence-corrected chi connectivity index (χ4v) is 3.20. The van der Waals surface area contributed by atoms with Gasteiger partial charge in [0.1, 0.15) is 11.3 Å². The van der Waals surface area contributed by atoms with Crippen LogP contribution >= 0.6 is 0 Å². The topological polar surface area (TPSA) is 72.7 Å². The van der Waals surface area contributed by atoms with Gasteiger partial charge in [-0.25, -0.2) is 18.7 Å². The molecule has 1 aromatic carbocycles. The maximum absolute atomic E-state index is 13.6. The Hall–Kier alpha value is -3.68. The molecule has 0 spiro atoms. The molecule has 0 aliphatic rings. The molecule has 152 valence electrons. The number of aryl methyl sites for hydroxylation is 1. The van der Waals surface area contributed by atoms with Gasteiger partial charge in [0.2, 0.25) is 5.91 Å². The summed E-state index contributed by atoms with van der Waals surface area (Å²) in [5.74, 6) is -1.24. The van der Waals surface area contributed by atoms with E-state index in [1.54, 1.807) is 24.7 Å². The van der Waals surface area contributed by atoms with E-state index in [1.165, 1.54) is 6.07 Å². The van der Waals surface area contributed by atoms with Gasteiger partial charge in [-0.2, -0.15) is 0 Å². The van der Waals surface area contributed by atoms with Crippen LogP contribution < -0.4 is 5.32 Å². The van der Waals surface area contributed by atoms with Crippen molar-refractivity contribution in [3.8, 4) is 0 Å². The van der Waals surface area contributed by atoms with Crippen molar-refractivity contribution in [3.05, 3.63) is 89.6 Å². The average molecular weight is 407 g/mol. The maximum Gasteiger partial charge on any atom is 0.220 e. The summed E-state index contributed by atoms with van der Waals surface area (Å²) in [4.78, 5) is 25.2. The van der Waals surface area contributed by atoms with E-state index in [0.29, 0.717) is 35.5 Å². The molecule has 0 saturated heterocycles. The van der Waals surface area contributed by atoms with Crippen LogP contribution in [-0.2, 0) is 24.3 Å². The molecule has 3 aromatic heterocycles. The molecule has 0 aliphatic heterocycles. The summed E-state index contributed by atoms with van der Waals surface area (Å²) >= 11 is 0. The second-order valence-electron chi connectivity index (χ2n) is 6.84. The lowest BCUT2D eigenvalue weighted by Gasteiger charge is -2.10. The second-order valence-corrected chi connectivity index (χ2v) is 6.84. The molecule has 0 atom stereocenters. The Labute approximate surface area is 171 Å². The molecule has 0 aliphatic carbocycles. The van der Waals surface area contributed by atoms with E-state index in [1.807, 2.05) is 22.8 Å². The van der Waals surface area contributed by atoms with Crippen molar-refractivity contribution >= 4 is 17.1 Å². The number of rotatable bonds is 7. The van der Waals surface area contributed by atoms with E-state index in [2.05, 4.69) is 20.3 Å². The Kier molecular flexibility index (Phi) is 5.74. The third-order valence-corrected chi connectivity index (χ3v) is 4.72. The standard InChI is InChI=1S/C22H19F2N5O/c23-17-4-3-16(12-18(17)24)14-29-20(28-19-2-1-9-26-22(19)29)5-6-21(30)27-13-15-7-10-25-11-8-15/h1-4,7-12H,5-6,13-14H2,(H,27,30). The first-order valence-electron chi connectivity index (χ1n) is 9.50. The number of amides is 1. The van der Waals surface area contributed by atoms with Crippen molar-refractivity contribution < 1.29 is 13.6 Å². The highest BCUT2D eigenvalue weighted by Crippen LogP contribution is 2.18. The first kappa shape index (κ1) is 19.6. The number of aromatic nitrogens is 4. The highest BCUT2D eigenvalue weighted by Gasteiger charge is 2.14. The normalized spacial score (nSPS) is 11.0. The van der Waals surface area contributed by atoms with Gasteiger partial charge in [0.15, 0.2) is 17.3 Å². The minimum atomic E-state index is -0.901. The molecule has 0 saturated carbocycles. The van der Waals surface area contributed by atoms with E-state index < -0.39 is 11.6 Å². The number of hydrogen-bond acceptors (Lipinski definition) is 4. The number of nitrogens with zero attached hydrogens (tertiary/aromatic N) is 4. The number of nitrogens with one attached hydrogen (secondary N) is 1. The van der Waals surface area contributed by atoms with E-state index in [4.69, 9.17) is 0 Å². The summed E-state index contributed by atoms with van der Waals surface area (Å²) in [6.07, 6.45) is 5.63. The third-order valence-electron chi connectivity index (χ3n) is 4.72. The monoisotopic (exact) mass is 407 g/mol. The summed E-state index contributed by atoms with van der Waals surface area (Å²) in [5, 5.41) is 2.88. The van der Waals surface area contributed by atoms with Crippen LogP contribution in [0.15, 0.2) is 61.1 Å². The number of fused-ring (bicyclic) bond motifs is 1. The SMILES string of the molecule is O=C(CCc1nc2cccnc2n1Cc1ccc(F)c(F)c1)NCc1ccncc1. The van der Waals surface area contributed by atoms with E-state index in [-0.39, 0.29) is 18.9 Å². The van der Waals surface area contributed by atoms with Crippen LogP contribution in [0.25, 0.3) is 11.2 Å². The van der Waals surface area contributed by atoms with Crippen molar-refractivity contribution in [2.24, 2.45) is 0 Å². The van der Waals surface area contributed by atoms with Gasteiger partial charge in [0.25, 0.3) is 0 Å². The summed E-state index contributed by atoms with van der Waals surface area (Å²) < 4.78 is 28.7. The predicted molar refractivity (Wildman–Crippen MR) is 107 cm³/mol. The zero-order chi connectivity index (χ0) is 20.9. The molecule has 30 heavy (non-hydrogen) atoms. The van der Waals surface area contributed by atoms with Crippen molar-refractivity contribution in [3.63, 3.8) is 0 Å². The summed E-state index contributed by atoms with van der Waals surface area (Å²) in [6.45, 7) is 0.701. The number of benzene rings is 1. The van der Waals surface area contributed by atoms with E-state index in [0.717, 1.165) is 17.7 Å². The number of halogens is 2. The van der Waals surface area contributed by atoms with Crippen LogP contribution in [0, 0.1) is 11.6 Å². The molecule has 0 fully saturated rings. The van der Waals surface area contributed by atoms with E-state index in [9.17, 15) is 13.6 Å².